The molecule has 0 aliphatic carbocycles. The molecule has 7 nitrogen and oxygen atoms in total. The van der Waals surface area contributed by atoms with Gasteiger partial charge in [0.05, 0.1) is 18.3 Å². The van der Waals surface area contributed by atoms with Crippen LogP contribution < -0.4 is 10.9 Å². The van der Waals surface area contributed by atoms with Crippen molar-refractivity contribution in [3.05, 3.63) is 28.2 Å². The Hall–Kier alpha value is -1.73. The number of nitrogens with one attached hydrogen (secondary N) is 1. The summed E-state index contributed by atoms with van der Waals surface area (Å²) in [6, 6.07) is 3.48. The highest BCUT2D eigenvalue weighted by atomic mass is 16.2. The third kappa shape index (κ3) is 5.17. The largest absolute Gasteiger partial charge is 0.355 e. The zero-order valence-electron chi connectivity index (χ0n) is 16.9. The van der Waals surface area contributed by atoms with Gasteiger partial charge in [0, 0.05) is 50.7 Å². The van der Waals surface area contributed by atoms with Gasteiger partial charge in [-0.3, -0.25) is 19.4 Å². The second kappa shape index (κ2) is 8.52. The number of nitrogens with zero attached hydrogens (tertiary/aromatic N) is 4. The minimum absolute atomic E-state index is 0.0300. The lowest BCUT2D eigenvalue weighted by molar-refractivity contribution is -0.126. The van der Waals surface area contributed by atoms with Crippen LogP contribution in [-0.4, -0.2) is 70.8 Å². The van der Waals surface area contributed by atoms with E-state index in [-0.39, 0.29) is 22.9 Å². The van der Waals surface area contributed by atoms with Crippen LogP contribution >= 0.6 is 0 Å². The lowest BCUT2D eigenvalue weighted by Crippen LogP contribution is -2.54. The summed E-state index contributed by atoms with van der Waals surface area (Å²) < 4.78 is 1.59. The molecule has 1 N–H and O–H groups in total. The van der Waals surface area contributed by atoms with Gasteiger partial charge >= 0.3 is 0 Å². The van der Waals surface area contributed by atoms with Crippen molar-refractivity contribution in [1.82, 2.24) is 24.9 Å². The van der Waals surface area contributed by atoms with Crippen molar-refractivity contribution in [2.45, 2.75) is 58.0 Å². The van der Waals surface area contributed by atoms with Gasteiger partial charge in [-0.05, 0) is 25.3 Å². The SMILES string of the molecule is CC(C)(C)c1ccc(=O)n(CCN2CCN(C3CCCCNC3=O)CC2)n1. The first kappa shape index (κ1) is 20.0. The molecule has 7 heteroatoms. The predicted octanol–water partition coefficient (Wildman–Crippen LogP) is 0.827. The lowest BCUT2D eigenvalue weighted by atomic mass is 9.92. The highest BCUT2D eigenvalue weighted by Gasteiger charge is 2.29. The van der Waals surface area contributed by atoms with Crippen LogP contribution in [0.25, 0.3) is 0 Å². The third-order valence-corrected chi connectivity index (χ3v) is 5.62. The van der Waals surface area contributed by atoms with Gasteiger partial charge in [-0.25, -0.2) is 4.68 Å². The predicted molar refractivity (Wildman–Crippen MR) is 106 cm³/mol. The summed E-state index contributed by atoms with van der Waals surface area (Å²) in [6.07, 6.45) is 3.16. The van der Waals surface area contributed by atoms with Crippen molar-refractivity contribution in [3.8, 4) is 0 Å². The van der Waals surface area contributed by atoms with Gasteiger partial charge in [0.25, 0.3) is 5.56 Å². The molecular formula is C20H33N5O2. The van der Waals surface area contributed by atoms with Gasteiger partial charge in [-0.1, -0.05) is 20.8 Å². The van der Waals surface area contributed by atoms with Crippen LogP contribution in [0.1, 0.15) is 45.7 Å². The second-order valence-electron chi connectivity index (χ2n) is 8.71. The fourth-order valence-electron chi connectivity index (χ4n) is 3.82. The van der Waals surface area contributed by atoms with Gasteiger partial charge in [0.15, 0.2) is 0 Å². The van der Waals surface area contributed by atoms with E-state index in [0.717, 1.165) is 64.2 Å². The highest BCUT2D eigenvalue weighted by Crippen LogP contribution is 2.18. The van der Waals surface area contributed by atoms with Crippen LogP contribution in [0.15, 0.2) is 16.9 Å². The van der Waals surface area contributed by atoms with Crippen LogP contribution in [-0.2, 0) is 16.8 Å². The number of hydrogen-bond acceptors (Lipinski definition) is 5. The molecule has 1 aromatic rings. The summed E-state index contributed by atoms with van der Waals surface area (Å²) in [7, 11) is 0. The van der Waals surface area contributed by atoms with Crippen LogP contribution in [0.4, 0.5) is 0 Å². The number of aromatic nitrogens is 2. The number of carbonyl (C=O) groups excluding carboxylic acids is 1. The molecule has 1 aromatic heterocycles. The monoisotopic (exact) mass is 375 g/mol. The topological polar surface area (TPSA) is 70.5 Å². The summed E-state index contributed by atoms with van der Waals surface area (Å²) in [5.74, 6) is 0.190. The Morgan fingerprint density at radius 2 is 1.81 bits per heavy atom. The zero-order valence-corrected chi connectivity index (χ0v) is 16.9. The van der Waals surface area contributed by atoms with Crippen molar-refractivity contribution in [2.24, 2.45) is 0 Å². The molecule has 0 bridgehead atoms. The average Bonchev–Trinajstić information content (AvgIpc) is 2.85. The molecule has 1 atom stereocenters. The molecule has 150 valence electrons. The molecule has 2 fully saturated rings. The summed E-state index contributed by atoms with van der Waals surface area (Å²) in [4.78, 5) is 29.1. The Kier molecular flexibility index (Phi) is 6.32. The second-order valence-corrected chi connectivity index (χ2v) is 8.71. The van der Waals surface area contributed by atoms with Gasteiger partial charge in [-0.15, -0.1) is 0 Å². The Bertz CT molecular complexity index is 701. The standard InChI is InChI=1S/C20H33N5O2/c1-20(2,3)17-7-8-18(26)25(22-17)15-12-23-10-13-24(14-11-23)16-6-4-5-9-21-19(16)27/h7-8,16H,4-6,9-15H2,1-3H3,(H,21,27). The molecule has 2 aliphatic heterocycles. The maximum Gasteiger partial charge on any atom is 0.266 e. The fourth-order valence-corrected chi connectivity index (χ4v) is 3.82. The van der Waals surface area contributed by atoms with E-state index >= 15 is 0 Å². The smallest absolute Gasteiger partial charge is 0.266 e. The Morgan fingerprint density at radius 1 is 1.07 bits per heavy atom. The zero-order chi connectivity index (χ0) is 19.4. The van der Waals surface area contributed by atoms with Crippen LogP contribution in [0, 0.1) is 0 Å². The Morgan fingerprint density at radius 3 is 2.52 bits per heavy atom. The first-order valence-electron chi connectivity index (χ1n) is 10.2. The van der Waals surface area contributed by atoms with Gasteiger partial charge in [-0.2, -0.15) is 5.10 Å². The van der Waals surface area contributed by atoms with E-state index < -0.39 is 0 Å². The highest BCUT2D eigenvalue weighted by molar-refractivity contribution is 5.81. The van der Waals surface area contributed by atoms with E-state index in [1.54, 1.807) is 10.7 Å². The number of hydrogen-bond donors (Lipinski definition) is 1. The maximum atomic E-state index is 12.2. The van der Waals surface area contributed by atoms with Gasteiger partial charge in [0.2, 0.25) is 5.91 Å². The molecular weight excluding hydrogens is 342 g/mol. The molecule has 27 heavy (non-hydrogen) atoms. The first-order chi connectivity index (χ1) is 12.8. The quantitative estimate of drug-likeness (QED) is 0.844. The number of amides is 1. The van der Waals surface area contributed by atoms with E-state index in [4.69, 9.17) is 0 Å². The maximum absolute atomic E-state index is 12.2. The molecule has 1 unspecified atom stereocenters. The molecule has 0 spiro atoms. The van der Waals surface area contributed by atoms with E-state index in [2.05, 4.69) is 41.0 Å². The first-order valence-corrected chi connectivity index (χ1v) is 10.2. The van der Waals surface area contributed by atoms with E-state index in [0.29, 0.717) is 6.54 Å². The number of piperazine rings is 1. The Labute approximate surface area is 161 Å². The molecule has 0 saturated carbocycles. The van der Waals surface area contributed by atoms with Gasteiger partial charge in [0.1, 0.15) is 0 Å². The van der Waals surface area contributed by atoms with E-state index in [9.17, 15) is 9.59 Å². The average molecular weight is 376 g/mol. The van der Waals surface area contributed by atoms with Crippen molar-refractivity contribution < 1.29 is 4.79 Å². The number of carbonyl (C=O) groups is 1. The molecule has 2 saturated heterocycles. The van der Waals surface area contributed by atoms with Crippen molar-refractivity contribution >= 4 is 5.91 Å². The van der Waals surface area contributed by atoms with Crippen LogP contribution in [0.3, 0.4) is 0 Å². The minimum atomic E-state index is -0.0691. The van der Waals surface area contributed by atoms with Crippen molar-refractivity contribution in [2.75, 3.05) is 39.3 Å². The summed E-state index contributed by atoms with van der Waals surface area (Å²) in [5.41, 5.74) is 0.823. The molecule has 0 aromatic carbocycles. The minimum Gasteiger partial charge on any atom is -0.355 e. The van der Waals surface area contributed by atoms with Crippen molar-refractivity contribution in [1.29, 1.82) is 0 Å². The molecule has 3 rings (SSSR count). The molecule has 2 aliphatic rings. The van der Waals surface area contributed by atoms with Crippen molar-refractivity contribution in [3.63, 3.8) is 0 Å². The van der Waals surface area contributed by atoms with Gasteiger partial charge < -0.3 is 5.32 Å². The normalized spacial score (nSPS) is 23.1. The number of rotatable bonds is 4. The summed E-state index contributed by atoms with van der Waals surface area (Å²) in [6.45, 7) is 12.2. The van der Waals surface area contributed by atoms with E-state index in [1.807, 2.05) is 6.07 Å². The van der Waals surface area contributed by atoms with E-state index in [1.165, 1.54) is 0 Å². The van der Waals surface area contributed by atoms with Crippen LogP contribution in [0.2, 0.25) is 0 Å². The molecule has 0 radical (unpaired) electrons. The summed E-state index contributed by atoms with van der Waals surface area (Å²) in [5, 5.41) is 7.58. The Balaban J connectivity index is 1.53. The molecule has 3 heterocycles. The summed E-state index contributed by atoms with van der Waals surface area (Å²) >= 11 is 0. The fraction of sp³-hybridized carbons (Fsp3) is 0.750. The lowest BCUT2D eigenvalue weighted by Gasteiger charge is -2.38. The molecule has 1 amide bonds. The van der Waals surface area contributed by atoms with Crippen LogP contribution in [0.5, 0.6) is 0 Å². The third-order valence-electron chi connectivity index (χ3n) is 5.62.